The summed E-state index contributed by atoms with van der Waals surface area (Å²) in [5.74, 6) is 0.783. The standard InChI is InChI=1S/C11H18N2O2/c1-7(9-3-4-9)11(15)13-6-5-12-10(14)8(13)2/h7-9H,3-6H2,1-2H3,(H,12,14). The van der Waals surface area contributed by atoms with Crippen LogP contribution in [0.1, 0.15) is 26.7 Å². The average molecular weight is 210 g/mol. The fourth-order valence-corrected chi connectivity index (χ4v) is 2.14. The normalized spacial score (nSPS) is 28.5. The molecule has 0 radical (unpaired) electrons. The quantitative estimate of drug-likeness (QED) is 0.716. The first-order valence-corrected chi connectivity index (χ1v) is 5.69. The fourth-order valence-electron chi connectivity index (χ4n) is 2.14. The molecular formula is C11H18N2O2. The molecule has 2 rings (SSSR count). The Morgan fingerprint density at radius 1 is 1.53 bits per heavy atom. The van der Waals surface area contributed by atoms with Gasteiger partial charge in [0.25, 0.3) is 0 Å². The van der Waals surface area contributed by atoms with E-state index in [1.807, 2.05) is 6.92 Å². The van der Waals surface area contributed by atoms with E-state index in [4.69, 9.17) is 0 Å². The Bertz CT molecular complexity index is 286. The minimum atomic E-state index is -0.299. The number of carbonyl (C=O) groups is 2. The third-order valence-corrected chi connectivity index (χ3v) is 3.50. The van der Waals surface area contributed by atoms with Crippen molar-refractivity contribution in [2.24, 2.45) is 11.8 Å². The Labute approximate surface area is 90.0 Å². The van der Waals surface area contributed by atoms with E-state index in [1.54, 1.807) is 11.8 Å². The van der Waals surface area contributed by atoms with Crippen LogP contribution in [0.5, 0.6) is 0 Å². The summed E-state index contributed by atoms with van der Waals surface area (Å²) in [6, 6.07) is -0.299. The van der Waals surface area contributed by atoms with Gasteiger partial charge in [-0.25, -0.2) is 0 Å². The Balaban J connectivity index is 2.01. The molecule has 0 aromatic heterocycles. The highest BCUT2D eigenvalue weighted by atomic mass is 16.2. The summed E-state index contributed by atoms with van der Waals surface area (Å²) >= 11 is 0. The van der Waals surface area contributed by atoms with Gasteiger partial charge >= 0.3 is 0 Å². The van der Waals surface area contributed by atoms with Gasteiger partial charge in [0.15, 0.2) is 0 Å². The molecule has 84 valence electrons. The third-order valence-electron chi connectivity index (χ3n) is 3.50. The van der Waals surface area contributed by atoms with Crippen LogP contribution in [0.2, 0.25) is 0 Å². The van der Waals surface area contributed by atoms with Crippen LogP contribution in [0.3, 0.4) is 0 Å². The Kier molecular flexibility index (Phi) is 2.67. The first-order chi connectivity index (χ1) is 7.11. The van der Waals surface area contributed by atoms with Crippen LogP contribution in [-0.2, 0) is 9.59 Å². The van der Waals surface area contributed by atoms with E-state index in [0.29, 0.717) is 19.0 Å². The van der Waals surface area contributed by atoms with Gasteiger partial charge < -0.3 is 10.2 Å². The minimum absolute atomic E-state index is 0.0300. The highest BCUT2D eigenvalue weighted by Crippen LogP contribution is 2.37. The van der Waals surface area contributed by atoms with Gasteiger partial charge in [0.05, 0.1) is 0 Å². The van der Waals surface area contributed by atoms with Gasteiger partial charge in [0.1, 0.15) is 6.04 Å². The molecule has 0 aromatic carbocycles. The molecule has 4 heteroatoms. The number of hydrogen-bond acceptors (Lipinski definition) is 2. The lowest BCUT2D eigenvalue weighted by molar-refractivity contribution is -0.145. The Morgan fingerprint density at radius 2 is 2.20 bits per heavy atom. The van der Waals surface area contributed by atoms with Crippen molar-refractivity contribution in [3.8, 4) is 0 Å². The maximum absolute atomic E-state index is 12.1. The Hall–Kier alpha value is -1.06. The second kappa shape index (κ2) is 3.83. The van der Waals surface area contributed by atoms with E-state index >= 15 is 0 Å². The lowest BCUT2D eigenvalue weighted by Crippen LogP contribution is -2.57. The van der Waals surface area contributed by atoms with E-state index in [-0.39, 0.29) is 23.8 Å². The lowest BCUT2D eigenvalue weighted by atomic mass is 10.0. The number of piperazine rings is 1. The largest absolute Gasteiger partial charge is 0.353 e. The van der Waals surface area contributed by atoms with Gasteiger partial charge in [-0.1, -0.05) is 6.92 Å². The van der Waals surface area contributed by atoms with Crippen LogP contribution >= 0.6 is 0 Å². The second-order valence-electron chi connectivity index (χ2n) is 4.62. The molecule has 1 aliphatic heterocycles. The van der Waals surface area contributed by atoms with Gasteiger partial charge in [0, 0.05) is 19.0 Å². The summed E-state index contributed by atoms with van der Waals surface area (Å²) in [5.41, 5.74) is 0. The first-order valence-electron chi connectivity index (χ1n) is 5.69. The first kappa shape index (κ1) is 10.5. The van der Waals surface area contributed by atoms with Crippen molar-refractivity contribution in [1.29, 1.82) is 0 Å². The Morgan fingerprint density at radius 3 is 2.80 bits per heavy atom. The van der Waals surface area contributed by atoms with Crippen molar-refractivity contribution >= 4 is 11.8 Å². The molecule has 1 saturated heterocycles. The molecule has 1 saturated carbocycles. The zero-order valence-electron chi connectivity index (χ0n) is 9.32. The molecule has 2 unspecified atom stereocenters. The van der Waals surface area contributed by atoms with Crippen LogP contribution < -0.4 is 5.32 Å². The van der Waals surface area contributed by atoms with Crippen molar-refractivity contribution in [1.82, 2.24) is 10.2 Å². The predicted molar refractivity (Wildman–Crippen MR) is 56.1 cm³/mol. The number of amides is 2. The number of carbonyl (C=O) groups excluding carboxylic acids is 2. The summed E-state index contributed by atoms with van der Waals surface area (Å²) in [7, 11) is 0. The lowest BCUT2D eigenvalue weighted by Gasteiger charge is -2.34. The molecule has 0 aromatic rings. The van der Waals surface area contributed by atoms with Crippen LogP contribution in [0.25, 0.3) is 0 Å². The van der Waals surface area contributed by atoms with E-state index in [0.717, 1.165) is 0 Å². The van der Waals surface area contributed by atoms with Crippen LogP contribution in [0.4, 0.5) is 0 Å². The summed E-state index contributed by atoms with van der Waals surface area (Å²) in [5, 5.41) is 2.77. The fraction of sp³-hybridized carbons (Fsp3) is 0.818. The van der Waals surface area contributed by atoms with Crippen molar-refractivity contribution in [3.05, 3.63) is 0 Å². The molecule has 1 aliphatic carbocycles. The number of rotatable bonds is 2. The summed E-state index contributed by atoms with van der Waals surface area (Å²) in [6.07, 6.45) is 2.34. The summed E-state index contributed by atoms with van der Waals surface area (Å²) in [6.45, 7) is 5.03. The summed E-state index contributed by atoms with van der Waals surface area (Å²) in [4.78, 5) is 25.2. The maximum Gasteiger partial charge on any atom is 0.242 e. The molecular weight excluding hydrogens is 192 g/mol. The highest BCUT2D eigenvalue weighted by Gasteiger charge is 2.38. The molecule has 2 atom stereocenters. The molecule has 0 bridgehead atoms. The molecule has 15 heavy (non-hydrogen) atoms. The van der Waals surface area contributed by atoms with Crippen molar-refractivity contribution in [2.45, 2.75) is 32.7 Å². The van der Waals surface area contributed by atoms with Crippen molar-refractivity contribution in [2.75, 3.05) is 13.1 Å². The van der Waals surface area contributed by atoms with E-state index in [2.05, 4.69) is 5.32 Å². The molecule has 2 amide bonds. The van der Waals surface area contributed by atoms with E-state index < -0.39 is 0 Å². The molecule has 2 fully saturated rings. The minimum Gasteiger partial charge on any atom is -0.353 e. The number of nitrogens with one attached hydrogen (secondary N) is 1. The van der Waals surface area contributed by atoms with Crippen molar-refractivity contribution < 1.29 is 9.59 Å². The second-order valence-corrected chi connectivity index (χ2v) is 4.62. The van der Waals surface area contributed by atoms with Gasteiger partial charge in [-0.3, -0.25) is 9.59 Å². The molecule has 0 spiro atoms. The van der Waals surface area contributed by atoms with Crippen LogP contribution in [-0.4, -0.2) is 35.8 Å². The molecule has 1 heterocycles. The van der Waals surface area contributed by atoms with E-state index in [1.165, 1.54) is 12.8 Å². The topological polar surface area (TPSA) is 49.4 Å². The predicted octanol–water partition coefficient (Wildman–Crippen LogP) is 0.379. The van der Waals surface area contributed by atoms with Crippen LogP contribution in [0, 0.1) is 11.8 Å². The van der Waals surface area contributed by atoms with Gasteiger partial charge in [-0.05, 0) is 25.7 Å². The number of nitrogens with zero attached hydrogens (tertiary/aromatic N) is 1. The van der Waals surface area contributed by atoms with E-state index in [9.17, 15) is 9.59 Å². The van der Waals surface area contributed by atoms with Gasteiger partial charge in [0.2, 0.25) is 11.8 Å². The average Bonchev–Trinajstić information content (AvgIpc) is 3.03. The third kappa shape index (κ3) is 1.98. The van der Waals surface area contributed by atoms with Gasteiger partial charge in [-0.2, -0.15) is 0 Å². The molecule has 1 N–H and O–H groups in total. The van der Waals surface area contributed by atoms with Gasteiger partial charge in [-0.15, -0.1) is 0 Å². The monoisotopic (exact) mass is 210 g/mol. The highest BCUT2D eigenvalue weighted by molar-refractivity contribution is 5.89. The number of hydrogen-bond donors (Lipinski definition) is 1. The SMILES string of the molecule is CC(C(=O)N1CCNC(=O)C1C)C1CC1. The molecule has 4 nitrogen and oxygen atoms in total. The zero-order valence-corrected chi connectivity index (χ0v) is 9.32. The maximum atomic E-state index is 12.1. The summed E-state index contributed by atoms with van der Waals surface area (Å²) < 4.78 is 0. The molecule has 2 aliphatic rings. The van der Waals surface area contributed by atoms with Crippen molar-refractivity contribution in [3.63, 3.8) is 0 Å². The smallest absolute Gasteiger partial charge is 0.242 e. The van der Waals surface area contributed by atoms with Crippen LogP contribution in [0.15, 0.2) is 0 Å². The zero-order chi connectivity index (χ0) is 11.0.